The largest absolute Gasteiger partial charge is 0.355 e. The van der Waals surface area contributed by atoms with Gasteiger partial charge in [0.2, 0.25) is 15.9 Å². The van der Waals surface area contributed by atoms with Crippen molar-refractivity contribution in [2.24, 2.45) is 5.92 Å². The number of piperidine rings is 1. The quantitative estimate of drug-likeness (QED) is 0.548. The molecule has 8 nitrogen and oxygen atoms in total. The van der Waals surface area contributed by atoms with Crippen LogP contribution in [0.3, 0.4) is 0 Å². The molecule has 0 saturated carbocycles. The molecule has 1 N–H and O–H groups in total. The average molecular weight is 491 g/mol. The Balaban J connectivity index is 1.52. The SMILES string of the molecule is Cc1ccc(/C=C/c2onc(C)c2S(=O)(=O)N2CCC[C@@H](C(=O)Nc3cccc(C#N)c3)C2)cc1. The van der Waals surface area contributed by atoms with E-state index in [1.54, 1.807) is 43.3 Å². The Morgan fingerprint density at radius 3 is 2.71 bits per heavy atom. The zero-order valence-corrected chi connectivity index (χ0v) is 20.4. The van der Waals surface area contributed by atoms with Gasteiger partial charge in [-0.15, -0.1) is 0 Å². The molecule has 0 radical (unpaired) electrons. The highest BCUT2D eigenvalue weighted by molar-refractivity contribution is 7.89. The maximum atomic E-state index is 13.6. The zero-order valence-electron chi connectivity index (χ0n) is 19.6. The Labute approximate surface area is 204 Å². The van der Waals surface area contributed by atoms with E-state index in [4.69, 9.17) is 9.78 Å². The molecular weight excluding hydrogens is 464 g/mol. The van der Waals surface area contributed by atoms with Gasteiger partial charge in [0, 0.05) is 18.8 Å². The molecule has 1 fully saturated rings. The van der Waals surface area contributed by atoms with Gasteiger partial charge in [0.1, 0.15) is 5.69 Å². The number of anilines is 1. The summed E-state index contributed by atoms with van der Waals surface area (Å²) in [5.41, 5.74) is 3.25. The van der Waals surface area contributed by atoms with Crippen LogP contribution in [0.25, 0.3) is 12.2 Å². The highest BCUT2D eigenvalue weighted by Gasteiger charge is 2.37. The first-order valence-corrected chi connectivity index (χ1v) is 12.7. The van der Waals surface area contributed by atoms with E-state index in [1.165, 1.54) is 4.31 Å². The van der Waals surface area contributed by atoms with E-state index >= 15 is 0 Å². The Morgan fingerprint density at radius 1 is 1.20 bits per heavy atom. The number of carbonyl (C=O) groups is 1. The molecule has 0 bridgehead atoms. The molecule has 1 amide bonds. The van der Waals surface area contributed by atoms with Crippen LogP contribution in [-0.4, -0.2) is 36.9 Å². The summed E-state index contributed by atoms with van der Waals surface area (Å²) >= 11 is 0. The second kappa shape index (κ2) is 10.3. The number of sulfonamides is 1. The molecule has 1 atom stereocenters. The van der Waals surface area contributed by atoms with Crippen LogP contribution < -0.4 is 5.32 Å². The number of nitrogens with one attached hydrogen (secondary N) is 1. The molecule has 3 aromatic rings. The van der Waals surface area contributed by atoms with Crippen molar-refractivity contribution in [1.29, 1.82) is 5.26 Å². The fourth-order valence-corrected chi connectivity index (χ4v) is 5.84. The van der Waals surface area contributed by atoms with E-state index in [-0.39, 0.29) is 28.8 Å². The first kappa shape index (κ1) is 24.4. The van der Waals surface area contributed by atoms with Gasteiger partial charge in [-0.05, 0) is 56.5 Å². The second-order valence-electron chi connectivity index (χ2n) is 8.59. The lowest BCUT2D eigenvalue weighted by Gasteiger charge is -2.31. The first-order valence-electron chi connectivity index (χ1n) is 11.3. The van der Waals surface area contributed by atoms with Crippen LogP contribution in [0.2, 0.25) is 0 Å². The lowest BCUT2D eigenvalue weighted by atomic mass is 9.98. The van der Waals surface area contributed by atoms with E-state index < -0.39 is 15.9 Å². The third-order valence-corrected chi connectivity index (χ3v) is 7.97. The van der Waals surface area contributed by atoms with E-state index in [2.05, 4.69) is 10.5 Å². The lowest BCUT2D eigenvalue weighted by molar-refractivity contribution is -0.120. The molecule has 35 heavy (non-hydrogen) atoms. The van der Waals surface area contributed by atoms with Crippen molar-refractivity contribution >= 4 is 33.8 Å². The number of carbonyl (C=O) groups excluding carboxylic acids is 1. The summed E-state index contributed by atoms with van der Waals surface area (Å²) in [5.74, 6) is -0.638. The van der Waals surface area contributed by atoms with Crippen molar-refractivity contribution in [1.82, 2.24) is 9.46 Å². The van der Waals surface area contributed by atoms with E-state index in [1.807, 2.05) is 37.3 Å². The minimum absolute atomic E-state index is 0.0173. The predicted octanol–water partition coefficient (Wildman–Crippen LogP) is 4.37. The Morgan fingerprint density at radius 2 is 1.97 bits per heavy atom. The van der Waals surface area contributed by atoms with Crippen molar-refractivity contribution in [3.63, 3.8) is 0 Å². The third kappa shape index (κ3) is 5.50. The fourth-order valence-electron chi connectivity index (χ4n) is 4.06. The molecular formula is C26H26N4O4S. The topological polar surface area (TPSA) is 116 Å². The minimum atomic E-state index is -3.94. The third-order valence-electron chi connectivity index (χ3n) is 5.95. The average Bonchev–Trinajstić information content (AvgIpc) is 3.25. The van der Waals surface area contributed by atoms with Gasteiger partial charge in [-0.2, -0.15) is 9.57 Å². The number of hydrogen-bond acceptors (Lipinski definition) is 6. The van der Waals surface area contributed by atoms with Gasteiger partial charge < -0.3 is 9.84 Å². The monoisotopic (exact) mass is 490 g/mol. The summed E-state index contributed by atoms with van der Waals surface area (Å²) in [5, 5.41) is 15.8. The molecule has 1 aliphatic rings. The maximum absolute atomic E-state index is 13.6. The van der Waals surface area contributed by atoms with Crippen molar-refractivity contribution in [2.75, 3.05) is 18.4 Å². The van der Waals surface area contributed by atoms with Crippen LogP contribution >= 0.6 is 0 Å². The fraction of sp³-hybridized carbons (Fsp3) is 0.269. The Bertz CT molecular complexity index is 1400. The standard InChI is InChI=1S/C26H26N4O4S/c1-18-8-10-20(11-9-18)12-13-24-25(19(2)29-34-24)35(32,33)30-14-4-6-22(17-30)26(31)28-23-7-3-5-21(15-23)16-27/h3,5,7-13,15,22H,4,6,14,17H2,1-2H3,(H,28,31)/b13-12+/t22-/m1/s1. The summed E-state index contributed by atoms with van der Waals surface area (Å²) in [6.07, 6.45) is 4.50. The van der Waals surface area contributed by atoms with Gasteiger partial charge in [-0.25, -0.2) is 8.42 Å². The Kier molecular flexibility index (Phi) is 7.15. The number of nitrogens with zero attached hydrogens (tertiary/aromatic N) is 3. The predicted molar refractivity (Wildman–Crippen MR) is 133 cm³/mol. The molecule has 1 saturated heterocycles. The summed E-state index contributed by atoms with van der Waals surface area (Å²) in [7, 11) is -3.94. The number of hydrogen-bond donors (Lipinski definition) is 1. The van der Waals surface area contributed by atoms with E-state index in [9.17, 15) is 13.2 Å². The molecule has 2 aromatic carbocycles. The van der Waals surface area contributed by atoms with Crippen molar-refractivity contribution in [2.45, 2.75) is 31.6 Å². The number of rotatable bonds is 6. The molecule has 0 unspecified atom stereocenters. The minimum Gasteiger partial charge on any atom is -0.355 e. The van der Waals surface area contributed by atoms with Gasteiger partial charge in [-0.1, -0.05) is 47.1 Å². The molecule has 1 aromatic heterocycles. The Hall–Kier alpha value is -3.74. The molecule has 4 rings (SSSR count). The van der Waals surface area contributed by atoms with Gasteiger partial charge >= 0.3 is 0 Å². The molecule has 180 valence electrons. The molecule has 2 heterocycles. The summed E-state index contributed by atoms with van der Waals surface area (Å²) < 4.78 is 33.8. The van der Waals surface area contributed by atoms with Crippen molar-refractivity contribution in [3.05, 3.63) is 76.7 Å². The van der Waals surface area contributed by atoms with Gasteiger partial charge in [-0.3, -0.25) is 4.79 Å². The van der Waals surface area contributed by atoms with Crippen LogP contribution in [0.5, 0.6) is 0 Å². The lowest BCUT2D eigenvalue weighted by Crippen LogP contribution is -2.43. The van der Waals surface area contributed by atoms with Gasteiger partial charge in [0.15, 0.2) is 10.7 Å². The number of amides is 1. The smallest absolute Gasteiger partial charge is 0.248 e. The van der Waals surface area contributed by atoms with Crippen LogP contribution in [0, 0.1) is 31.1 Å². The van der Waals surface area contributed by atoms with Crippen LogP contribution in [0.15, 0.2) is 57.9 Å². The van der Waals surface area contributed by atoms with Gasteiger partial charge in [0.25, 0.3) is 0 Å². The summed E-state index contributed by atoms with van der Waals surface area (Å²) in [6, 6.07) is 16.5. The first-order chi connectivity index (χ1) is 16.8. The van der Waals surface area contributed by atoms with Crippen molar-refractivity contribution in [3.8, 4) is 6.07 Å². The highest BCUT2D eigenvalue weighted by Crippen LogP contribution is 2.30. The normalized spacial score (nSPS) is 16.8. The number of aromatic nitrogens is 1. The number of nitriles is 1. The summed E-state index contributed by atoms with van der Waals surface area (Å²) in [4.78, 5) is 12.9. The van der Waals surface area contributed by atoms with E-state index in [0.717, 1.165) is 11.1 Å². The maximum Gasteiger partial charge on any atom is 0.248 e. The van der Waals surface area contributed by atoms with Gasteiger partial charge in [0.05, 0.1) is 17.6 Å². The molecule has 1 aliphatic heterocycles. The molecule has 0 aliphatic carbocycles. The molecule has 0 spiro atoms. The van der Waals surface area contributed by atoms with Crippen molar-refractivity contribution < 1.29 is 17.7 Å². The number of benzene rings is 2. The summed E-state index contributed by atoms with van der Waals surface area (Å²) in [6.45, 7) is 3.95. The van der Waals surface area contributed by atoms with E-state index in [0.29, 0.717) is 30.6 Å². The zero-order chi connectivity index (χ0) is 25.0. The van der Waals surface area contributed by atoms with Crippen LogP contribution in [-0.2, 0) is 14.8 Å². The molecule has 9 heteroatoms. The van der Waals surface area contributed by atoms with Crippen LogP contribution in [0.4, 0.5) is 5.69 Å². The number of aryl methyl sites for hydroxylation is 2. The van der Waals surface area contributed by atoms with Crippen LogP contribution in [0.1, 0.15) is 41.0 Å². The highest BCUT2D eigenvalue weighted by atomic mass is 32.2. The second-order valence-corrected chi connectivity index (χ2v) is 10.5.